The second-order valence-electron chi connectivity index (χ2n) is 5.93. The molecule has 7 heteroatoms. The normalized spacial score (nSPS) is 22.1. The van der Waals surface area contributed by atoms with Crippen LogP contribution in [0.1, 0.15) is 5.69 Å². The summed E-state index contributed by atoms with van der Waals surface area (Å²) in [5, 5.41) is 10.8. The number of hydrogen-bond donors (Lipinski definition) is 1. The van der Waals surface area contributed by atoms with Crippen LogP contribution < -0.4 is 4.74 Å². The van der Waals surface area contributed by atoms with Crippen LogP contribution >= 0.6 is 0 Å². The van der Waals surface area contributed by atoms with Gasteiger partial charge in [0.05, 0.1) is 18.9 Å². The van der Waals surface area contributed by atoms with Crippen LogP contribution in [0.4, 0.5) is 4.39 Å². The van der Waals surface area contributed by atoms with Gasteiger partial charge < -0.3 is 14.6 Å². The van der Waals surface area contributed by atoms with Gasteiger partial charge in [-0.05, 0) is 12.1 Å². The van der Waals surface area contributed by atoms with E-state index in [-0.39, 0.29) is 19.0 Å². The molecule has 1 aliphatic heterocycles. The van der Waals surface area contributed by atoms with Crippen molar-refractivity contribution >= 4 is 0 Å². The fourth-order valence-electron chi connectivity index (χ4n) is 2.63. The molecule has 0 unspecified atom stereocenters. The van der Waals surface area contributed by atoms with E-state index in [9.17, 15) is 9.50 Å². The second kappa shape index (κ2) is 7.65. The Morgan fingerprint density at radius 1 is 1.38 bits per heavy atom. The Kier molecular flexibility index (Phi) is 5.34. The third-order valence-electron chi connectivity index (χ3n) is 3.75. The van der Waals surface area contributed by atoms with Gasteiger partial charge in [-0.1, -0.05) is 6.07 Å². The van der Waals surface area contributed by atoms with Crippen LogP contribution in [0.5, 0.6) is 5.75 Å². The Labute approximate surface area is 139 Å². The topological polar surface area (TPSA) is 67.7 Å². The van der Waals surface area contributed by atoms with E-state index in [0.29, 0.717) is 32.0 Å². The summed E-state index contributed by atoms with van der Waals surface area (Å²) in [4.78, 5) is 10.4. The number of aromatic nitrogens is 2. The monoisotopic (exact) mass is 333 g/mol. The lowest BCUT2D eigenvalue weighted by Gasteiger charge is -2.30. The third-order valence-corrected chi connectivity index (χ3v) is 3.75. The Balaban J connectivity index is 1.62. The zero-order valence-corrected chi connectivity index (χ0v) is 13.3. The van der Waals surface area contributed by atoms with Gasteiger partial charge in [0.25, 0.3) is 0 Å². The van der Waals surface area contributed by atoms with Crippen LogP contribution in [0, 0.1) is 5.82 Å². The van der Waals surface area contributed by atoms with E-state index in [1.807, 2.05) is 4.90 Å². The highest BCUT2D eigenvalue weighted by Crippen LogP contribution is 2.18. The lowest BCUT2D eigenvalue weighted by molar-refractivity contribution is -0.0647. The lowest BCUT2D eigenvalue weighted by Crippen LogP contribution is -2.48. The zero-order valence-electron chi connectivity index (χ0n) is 13.3. The summed E-state index contributed by atoms with van der Waals surface area (Å²) in [5.41, 5.74) is -0.349. The predicted octanol–water partition coefficient (Wildman–Crippen LogP) is 1.26. The molecular formula is C17H20FN3O3. The molecular weight excluding hydrogens is 313 g/mol. The number of β-amino-alcohol motifs (C(OH)–C–C–N with tert-alkyl or cyclic N) is 1. The molecule has 3 rings (SSSR count). The molecule has 2 heterocycles. The first-order chi connectivity index (χ1) is 11.6. The molecule has 0 amide bonds. The summed E-state index contributed by atoms with van der Waals surface area (Å²) in [5.74, 6) is 0.00836. The first kappa shape index (κ1) is 16.8. The average Bonchev–Trinajstić information content (AvgIpc) is 2.76. The van der Waals surface area contributed by atoms with E-state index in [1.54, 1.807) is 30.7 Å². The first-order valence-electron chi connectivity index (χ1n) is 7.79. The van der Waals surface area contributed by atoms with Gasteiger partial charge >= 0.3 is 0 Å². The summed E-state index contributed by atoms with van der Waals surface area (Å²) in [7, 11) is 0. The smallest absolute Gasteiger partial charge is 0.134 e. The van der Waals surface area contributed by atoms with Gasteiger partial charge in [0.1, 0.15) is 23.8 Å². The average molecular weight is 333 g/mol. The number of nitrogens with zero attached hydrogens (tertiary/aromatic N) is 3. The number of benzene rings is 1. The summed E-state index contributed by atoms with van der Waals surface area (Å²) in [6.07, 6.45) is 4.97. The van der Waals surface area contributed by atoms with Gasteiger partial charge in [-0.2, -0.15) is 0 Å². The van der Waals surface area contributed by atoms with Crippen molar-refractivity contribution in [2.45, 2.75) is 12.1 Å². The van der Waals surface area contributed by atoms with Crippen molar-refractivity contribution in [1.82, 2.24) is 14.9 Å². The maximum atomic E-state index is 13.2. The fourth-order valence-corrected chi connectivity index (χ4v) is 2.63. The highest BCUT2D eigenvalue weighted by atomic mass is 19.1. The molecule has 1 saturated heterocycles. The number of halogens is 1. The molecule has 1 atom stereocenters. The van der Waals surface area contributed by atoms with Crippen molar-refractivity contribution in [3.8, 4) is 5.75 Å². The molecule has 1 aromatic carbocycles. The maximum Gasteiger partial charge on any atom is 0.134 e. The summed E-state index contributed by atoms with van der Waals surface area (Å²) >= 11 is 0. The standard InChI is InChI=1S/C17H20FN3O3/c18-14-2-1-3-16(8-14)24-13-17(22)11-21(6-7-23-12-17)10-15-9-19-4-5-20-15/h1-5,8-9,22H,6-7,10-13H2/t17-/m0/s1. The molecule has 2 aromatic rings. The molecule has 24 heavy (non-hydrogen) atoms. The minimum absolute atomic E-state index is 0.0213. The van der Waals surface area contributed by atoms with Gasteiger partial charge in [-0.15, -0.1) is 0 Å². The van der Waals surface area contributed by atoms with Gasteiger partial charge in [0.15, 0.2) is 0 Å². The molecule has 0 saturated carbocycles. The van der Waals surface area contributed by atoms with E-state index in [1.165, 1.54) is 12.1 Å². The number of rotatable bonds is 5. The number of aliphatic hydroxyl groups is 1. The number of ether oxygens (including phenoxy) is 2. The fraction of sp³-hybridized carbons (Fsp3) is 0.412. The zero-order chi connectivity index (χ0) is 16.8. The van der Waals surface area contributed by atoms with Crippen molar-refractivity contribution in [3.05, 3.63) is 54.4 Å². The quantitative estimate of drug-likeness (QED) is 0.888. The van der Waals surface area contributed by atoms with E-state index in [4.69, 9.17) is 9.47 Å². The highest BCUT2D eigenvalue weighted by Gasteiger charge is 2.33. The maximum absolute atomic E-state index is 13.2. The minimum Gasteiger partial charge on any atom is -0.490 e. The van der Waals surface area contributed by atoms with Crippen LogP contribution in [0.3, 0.4) is 0 Å². The van der Waals surface area contributed by atoms with Crippen molar-refractivity contribution in [3.63, 3.8) is 0 Å². The van der Waals surface area contributed by atoms with Crippen molar-refractivity contribution < 1.29 is 19.0 Å². The molecule has 1 fully saturated rings. The van der Waals surface area contributed by atoms with Gasteiger partial charge in [0.2, 0.25) is 0 Å². The van der Waals surface area contributed by atoms with E-state index in [2.05, 4.69) is 9.97 Å². The molecule has 128 valence electrons. The molecule has 6 nitrogen and oxygen atoms in total. The second-order valence-corrected chi connectivity index (χ2v) is 5.93. The molecule has 1 aromatic heterocycles. The first-order valence-corrected chi connectivity index (χ1v) is 7.79. The molecule has 0 spiro atoms. The van der Waals surface area contributed by atoms with Crippen LogP contribution in [0.15, 0.2) is 42.9 Å². The van der Waals surface area contributed by atoms with E-state index >= 15 is 0 Å². The van der Waals surface area contributed by atoms with Gasteiger partial charge in [-0.25, -0.2) is 4.39 Å². The molecule has 0 bridgehead atoms. The van der Waals surface area contributed by atoms with Crippen LogP contribution in [-0.4, -0.2) is 58.5 Å². The summed E-state index contributed by atoms with van der Waals surface area (Å²) < 4.78 is 24.3. The largest absolute Gasteiger partial charge is 0.490 e. The van der Waals surface area contributed by atoms with Gasteiger partial charge in [-0.3, -0.25) is 14.9 Å². The Bertz CT molecular complexity index is 659. The molecule has 1 aliphatic rings. The van der Waals surface area contributed by atoms with Crippen molar-refractivity contribution in [2.75, 3.05) is 32.9 Å². The van der Waals surface area contributed by atoms with E-state index in [0.717, 1.165) is 5.69 Å². The Morgan fingerprint density at radius 2 is 2.29 bits per heavy atom. The summed E-state index contributed by atoms with van der Waals surface area (Å²) in [6.45, 7) is 2.33. The highest BCUT2D eigenvalue weighted by molar-refractivity contribution is 5.22. The Hall–Kier alpha value is -2.09. The minimum atomic E-state index is -1.18. The van der Waals surface area contributed by atoms with Gasteiger partial charge in [0, 0.05) is 44.3 Å². The predicted molar refractivity (Wildman–Crippen MR) is 85.0 cm³/mol. The van der Waals surface area contributed by atoms with Crippen LogP contribution in [0.2, 0.25) is 0 Å². The SMILES string of the molecule is O[C@]1(COc2cccc(F)c2)COCCN(Cc2cnccn2)C1. The van der Waals surface area contributed by atoms with Crippen molar-refractivity contribution in [1.29, 1.82) is 0 Å². The van der Waals surface area contributed by atoms with Crippen LogP contribution in [0.25, 0.3) is 0 Å². The lowest BCUT2D eigenvalue weighted by atomic mass is 10.1. The van der Waals surface area contributed by atoms with Crippen molar-refractivity contribution in [2.24, 2.45) is 0 Å². The molecule has 1 N–H and O–H groups in total. The molecule has 0 radical (unpaired) electrons. The summed E-state index contributed by atoms with van der Waals surface area (Å²) in [6, 6.07) is 5.86. The number of hydrogen-bond acceptors (Lipinski definition) is 6. The van der Waals surface area contributed by atoms with E-state index < -0.39 is 5.60 Å². The third kappa shape index (κ3) is 4.70. The molecule has 0 aliphatic carbocycles. The Morgan fingerprint density at radius 3 is 3.08 bits per heavy atom. The van der Waals surface area contributed by atoms with Crippen LogP contribution in [-0.2, 0) is 11.3 Å².